The number of aromatic nitrogens is 2. The number of furan rings is 1. The molecule has 4 aromatic rings. The highest BCUT2D eigenvalue weighted by atomic mass is 35.5. The van der Waals surface area contributed by atoms with E-state index in [0.717, 1.165) is 33.9 Å². The van der Waals surface area contributed by atoms with E-state index in [4.69, 9.17) is 9.15 Å². The molecule has 0 bridgehead atoms. The Hall–Kier alpha value is -3.05. The van der Waals surface area contributed by atoms with Crippen LogP contribution >= 0.6 is 12.4 Å². The fourth-order valence-corrected chi connectivity index (χ4v) is 2.42. The van der Waals surface area contributed by atoms with Crippen LogP contribution in [-0.4, -0.2) is 9.97 Å². The lowest BCUT2D eigenvalue weighted by Gasteiger charge is -2.09. The zero-order valence-corrected chi connectivity index (χ0v) is 14.1. The van der Waals surface area contributed by atoms with Crippen molar-refractivity contribution in [3.05, 3.63) is 79.0 Å². The third-order valence-electron chi connectivity index (χ3n) is 3.62. The molecule has 5 nitrogen and oxygen atoms in total. The zero-order chi connectivity index (χ0) is 16.2. The van der Waals surface area contributed by atoms with Gasteiger partial charge in [0, 0.05) is 11.1 Å². The summed E-state index contributed by atoms with van der Waals surface area (Å²) in [5, 5.41) is 4.30. The van der Waals surface area contributed by atoms with Crippen LogP contribution in [-0.2, 0) is 6.61 Å². The van der Waals surface area contributed by atoms with Crippen LogP contribution in [0.25, 0.3) is 10.9 Å². The molecule has 25 heavy (non-hydrogen) atoms. The standard InChI is InChI=1S/C19H15N3O2.ClH/c1-2-6-18-17(5-1)19(21-13-20-18)22-14-7-9-15(10-8-14)24-12-16-4-3-11-23-16;/h1-11,13H,12H2,(H,20,21,22);1H. The molecule has 6 heteroatoms. The molecule has 0 radical (unpaired) electrons. The average Bonchev–Trinajstić information content (AvgIpc) is 3.15. The molecule has 0 aliphatic carbocycles. The predicted octanol–water partition coefficient (Wildman–Crippen LogP) is 4.97. The molecule has 0 amide bonds. The summed E-state index contributed by atoms with van der Waals surface area (Å²) in [6, 6.07) is 19.4. The van der Waals surface area contributed by atoms with Gasteiger partial charge >= 0.3 is 0 Å². The minimum atomic E-state index is 0. The van der Waals surface area contributed by atoms with Crippen LogP contribution in [0.15, 0.2) is 77.7 Å². The Morgan fingerprint density at radius 1 is 0.920 bits per heavy atom. The van der Waals surface area contributed by atoms with Crippen molar-refractivity contribution in [3.63, 3.8) is 0 Å². The second kappa shape index (κ2) is 7.68. The smallest absolute Gasteiger partial charge is 0.146 e. The normalized spacial score (nSPS) is 10.2. The zero-order valence-electron chi connectivity index (χ0n) is 13.3. The Kier molecular flexibility index (Phi) is 5.16. The number of nitrogens with one attached hydrogen (secondary N) is 1. The molecule has 0 aliphatic rings. The third-order valence-corrected chi connectivity index (χ3v) is 3.62. The maximum Gasteiger partial charge on any atom is 0.146 e. The minimum Gasteiger partial charge on any atom is -0.486 e. The van der Waals surface area contributed by atoms with E-state index in [9.17, 15) is 0 Å². The molecule has 2 heterocycles. The lowest BCUT2D eigenvalue weighted by atomic mass is 10.2. The Labute approximate surface area is 151 Å². The Bertz CT molecular complexity index is 935. The van der Waals surface area contributed by atoms with Gasteiger partial charge in [-0.2, -0.15) is 0 Å². The highest BCUT2D eigenvalue weighted by molar-refractivity contribution is 5.90. The molecule has 0 aliphatic heterocycles. The van der Waals surface area contributed by atoms with E-state index in [1.807, 2.05) is 60.7 Å². The number of anilines is 2. The van der Waals surface area contributed by atoms with E-state index in [1.165, 1.54) is 0 Å². The van der Waals surface area contributed by atoms with Gasteiger partial charge in [-0.25, -0.2) is 9.97 Å². The van der Waals surface area contributed by atoms with Crippen molar-refractivity contribution in [2.24, 2.45) is 0 Å². The van der Waals surface area contributed by atoms with Crippen LogP contribution in [0.4, 0.5) is 11.5 Å². The van der Waals surface area contributed by atoms with Gasteiger partial charge in [-0.3, -0.25) is 0 Å². The number of ether oxygens (including phenoxy) is 1. The Morgan fingerprint density at radius 3 is 2.56 bits per heavy atom. The number of hydrogen-bond acceptors (Lipinski definition) is 5. The van der Waals surface area contributed by atoms with Crippen LogP contribution < -0.4 is 10.1 Å². The van der Waals surface area contributed by atoms with E-state index in [0.29, 0.717) is 6.61 Å². The Balaban J connectivity index is 0.00000182. The summed E-state index contributed by atoms with van der Waals surface area (Å²) in [4.78, 5) is 8.60. The van der Waals surface area contributed by atoms with E-state index in [1.54, 1.807) is 12.6 Å². The molecule has 0 unspecified atom stereocenters. The van der Waals surface area contributed by atoms with Crippen LogP contribution in [0.3, 0.4) is 0 Å². The molecule has 0 saturated carbocycles. The highest BCUT2D eigenvalue weighted by Crippen LogP contribution is 2.24. The summed E-state index contributed by atoms with van der Waals surface area (Å²) in [7, 11) is 0. The number of nitrogens with zero attached hydrogens (tertiary/aromatic N) is 2. The monoisotopic (exact) mass is 353 g/mol. The number of hydrogen-bond donors (Lipinski definition) is 1. The molecule has 126 valence electrons. The summed E-state index contributed by atoms with van der Waals surface area (Å²) in [6.45, 7) is 0.413. The van der Waals surface area contributed by atoms with Crippen LogP contribution in [0.5, 0.6) is 5.75 Å². The highest BCUT2D eigenvalue weighted by Gasteiger charge is 2.04. The fourth-order valence-electron chi connectivity index (χ4n) is 2.42. The van der Waals surface area contributed by atoms with E-state index in [-0.39, 0.29) is 12.4 Å². The topological polar surface area (TPSA) is 60.2 Å². The maximum atomic E-state index is 5.68. The van der Waals surface area contributed by atoms with E-state index >= 15 is 0 Å². The van der Waals surface area contributed by atoms with Gasteiger partial charge in [0.25, 0.3) is 0 Å². The van der Waals surface area contributed by atoms with Gasteiger partial charge in [-0.15, -0.1) is 12.4 Å². The first-order chi connectivity index (χ1) is 11.9. The quantitative estimate of drug-likeness (QED) is 0.549. The molecule has 2 aromatic carbocycles. The molecule has 2 aromatic heterocycles. The summed E-state index contributed by atoms with van der Waals surface area (Å²) < 4.78 is 10.9. The number of benzene rings is 2. The minimum absolute atomic E-state index is 0. The van der Waals surface area contributed by atoms with Crippen molar-refractivity contribution in [1.82, 2.24) is 9.97 Å². The van der Waals surface area contributed by atoms with Crippen LogP contribution in [0.2, 0.25) is 0 Å². The molecule has 0 saturated heterocycles. The SMILES string of the molecule is Cl.c1coc(COc2ccc(Nc3ncnc4ccccc34)cc2)c1. The van der Waals surface area contributed by atoms with Crippen molar-refractivity contribution in [2.45, 2.75) is 6.61 Å². The number of fused-ring (bicyclic) bond motifs is 1. The number of para-hydroxylation sites is 1. The van der Waals surface area contributed by atoms with E-state index in [2.05, 4.69) is 15.3 Å². The van der Waals surface area contributed by atoms with Gasteiger partial charge in [-0.1, -0.05) is 12.1 Å². The first-order valence-corrected chi connectivity index (χ1v) is 7.60. The second-order valence-corrected chi connectivity index (χ2v) is 5.26. The molecular weight excluding hydrogens is 338 g/mol. The summed E-state index contributed by atoms with van der Waals surface area (Å²) >= 11 is 0. The van der Waals surface area contributed by atoms with E-state index < -0.39 is 0 Å². The summed E-state index contributed by atoms with van der Waals surface area (Å²) in [6.07, 6.45) is 3.20. The maximum absolute atomic E-state index is 5.68. The first kappa shape index (κ1) is 16.8. The molecule has 4 rings (SSSR count). The number of rotatable bonds is 5. The third kappa shape index (κ3) is 3.89. The lowest BCUT2D eigenvalue weighted by molar-refractivity contribution is 0.270. The molecule has 1 N–H and O–H groups in total. The van der Waals surface area contributed by atoms with Gasteiger partial charge in [0.1, 0.15) is 30.3 Å². The van der Waals surface area contributed by atoms with Crippen molar-refractivity contribution in [3.8, 4) is 5.75 Å². The number of halogens is 1. The van der Waals surface area contributed by atoms with Crippen molar-refractivity contribution >= 4 is 34.8 Å². The molecule has 0 spiro atoms. The molecule has 0 atom stereocenters. The van der Waals surface area contributed by atoms with Crippen molar-refractivity contribution in [1.29, 1.82) is 0 Å². The van der Waals surface area contributed by atoms with Crippen molar-refractivity contribution in [2.75, 3.05) is 5.32 Å². The second-order valence-electron chi connectivity index (χ2n) is 5.26. The van der Waals surface area contributed by atoms with Gasteiger partial charge < -0.3 is 14.5 Å². The summed E-state index contributed by atoms with van der Waals surface area (Å²) in [5.41, 5.74) is 1.85. The van der Waals surface area contributed by atoms with Gasteiger partial charge in [0.15, 0.2) is 0 Å². The average molecular weight is 354 g/mol. The van der Waals surface area contributed by atoms with Gasteiger partial charge in [-0.05, 0) is 48.5 Å². The largest absolute Gasteiger partial charge is 0.486 e. The predicted molar refractivity (Wildman–Crippen MR) is 99.6 cm³/mol. The Morgan fingerprint density at radius 2 is 1.76 bits per heavy atom. The van der Waals surface area contributed by atoms with Crippen LogP contribution in [0, 0.1) is 0 Å². The molecule has 0 fully saturated rings. The van der Waals surface area contributed by atoms with Crippen molar-refractivity contribution < 1.29 is 9.15 Å². The summed E-state index contributed by atoms with van der Waals surface area (Å²) in [5.74, 6) is 2.36. The van der Waals surface area contributed by atoms with Gasteiger partial charge in [0.2, 0.25) is 0 Å². The van der Waals surface area contributed by atoms with Gasteiger partial charge in [0.05, 0.1) is 11.8 Å². The van der Waals surface area contributed by atoms with Crippen LogP contribution in [0.1, 0.15) is 5.76 Å². The molecular formula is C19H16ClN3O2. The fraction of sp³-hybridized carbons (Fsp3) is 0.0526. The lowest BCUT2D eigenvalue weighted by Crippen LogP contribution is -1.97. The first-order valence-electron chi connectivity index (χ1n) is 7.60.